The van der Waals surface area contributed by atoms with Gasteiger partial charge in [0, 0.05) is 19.0 Å². The maximum Gasteiger partial charge on any atom is 0.328 e. The minimum Gasteiger partial charge on any atom is -0.489 e. The number of likely N-dealkylation sites (tertiary alicyclic amines) is 1. The Morgan fingerprint density at radius 1 is 1.44 bits per heavy atom. The van der Waals surface area contributed by atoms with Gasteiger partial charge in [-0.2, -0.15) is 0 Å². The molecule has 1 aliphatic heterocycles. The van der Waals surface area contributed by atoms with E-state index in [0.717, 1.165) is 11.0 Å². The molecule has 1 saturated heterocycles. The van der Waals surface area contributed by atoms with Crippen molar-refractivity contribution in [2.45, 2.75) is 38.5 Å². The van der Waals surface area contributed by atoms with Crippen molar-refractivity contribution in [3.05, 3.63) is 23.0 Å². The van der Waals surface area contributed by atoms with E-state index in [9.17, 15) is 19.1 Å². The second kappa shape index (κ2) is 7.88. The van der Waals surface area contributed by atoms with E-state index in [4.69, 9.17) is 16.3 Å². The van der Waals surface area contributed by atoms with Crippen molar-refractivity contribution < 1.29 is 28.6 Å². The van der Waals surface area contributed by atoms with Gasteiger partial charge in [-0.1, -0.05) is 11.6 Å². The van der Waals surface area contributed by atoms with Crippen LogP contribution in [-0.2, 0) is 9.53 Å². The van der Waals surface area contributed by atoms with Gasteiger partial charge in [0.25, 0.3) is 0 Å². The molecule has 138 valence electrons. The first kappa shape index (κ1) is 19.3. The summed E-state index contributed by atoms with van der Waals surface area (Å²) in [5.41, 5.74) is -0.143. The molecule has 1 fully saturated rings. The molecule has 0 aromatic heterocycles. The fraction of sp³-hybridized carbons (Fsp3) is 0.500. The largest absolute Gasteiger partial charge is 0.489 e. The van der Waals surface area contributed by atoms with Crippen molar-refractivity contribution >= 4 is 29.3 Å². The molecule has 2 rings (SSSR count). The first-order valence-corrected chi connectivity index (χ1v) is 8.10. The van der Waals surface area contributed by atoms with Gasteiger partial charge >= 0.3 is 12.0 Å². The predicted octanol–water partition coefficient (Wildman–Crippen LogP) is 2.41. The first-order valence-electron chi connectivity index (χ1n) is 7.72. The number of carbonyl (C=O) groups excluding carboxylic acids is 2. The van der Waals surface area contributed by atoms with Gasteiger partial charge in [0.15, 0.2) is 0 Å². The highest BCUT2D eigenvalue weighted by Crippen LogP contribution is 2.32. The molecule has 0 spiro atoms. The molecule has 25 heavy (non-hydrogen) atoms. The van der Waals surface area contributed by atoms with Crippen LogP contribution >= 0.6 is 11.6 Å². The zero-order valence-electron chi connectivity index (χ0n) is 14.1. The maximum absolute atomic E-state index is 14.1. The summed E-state index contributed by atoms with van der Waals surface area (Å²) in [7, 11) is 1.19. The third kappa shape index (κ3) is 4.52. The van der Waals surface area contributed by atoms with E-state index in [1.807, 2.05) is 0 Å². The number of urea groups is 1. The molecule has 2 N–H and O–H groups in total. The lowest BCUT2D eigenvalue weighted by molar-refractivity contribution is -0.144. The zero-order chi connectivity index (χ0) is 18.7. The number of halogens is 2. The van der Waals surface area contributed by atoms with Gasteiger partial charge in [0.2, 0.25) is 0 Å². The highest BCUT2D eigenvalue weighted by atomic mass is 35.5. The van der Waals surface area contributed by atoms with Crippen molar-refractivity contribution in [1.82, 2.24) is 4.90 Å². The average Bonchev–Trinajstić information content (AvgIpc) is 2.92. The number of nitrogens with one attached hydrogen (secondary N) is 1. The van der Waals surface area contributed by atoms with Gasteiger partial charge in [-0.15, -0.1) is 0 Å². The molecule has 2 amide bonds. The van der Waals surface area contributed by atoms with Crippen LogP contribution in [0.15, 0.2) is 12.1 Å². The third-order valence-electron chi connectivity index (χ3n) is 3.64. The van der Waals surface area contributed by atoms with E-state index in [1.54, 1.807) is 13.8 Å². The highest BCUT2D eigenvalue weighted by molar-refractivity contribution is 6.32. The summed E-state index contributed by atoms with van der Waals surface area (Å²) in [6, 6.07) is 0.645. The van der Waals surface area contributed by atoms with Crippen LogP contribution in [0.25, 0.3) is 0 Å². The zero-order valence-corrected chi connectivity index (χ0v) is 14.8. The minimum atomic E-state index is -0.929. The number of aliphatic hydroxyl groups is 1. The number of hydrogen-bond acceptors (Lipinski definition) is 5. The Morgan fingerprint density at radius 3 is 2.72 bits per heavy atom. The summed E-state index contributed by atoms with van der Waals surface area (Å²) in [5, 5.41) is 12.2. The number of hydrogen-bond donors (Lipinski definition) is 2. The smallest absolute Gasteiger partial charge is 0.328 e. The van der Waals surface area contributed by atoms with Crippen LogP contribution in [-0.4, -0.2) is 53.9 Å². The Balaban J connectivity index is 2.20. The number of esters is 1. The quantitative estimate of drug-likeness (QED) is 0.790. The molecule has 1 aliphatic rings. The van der Waals surface area contributed by atoms with Gasteiger partial charge in [0.05, 0.1) is 30.0 Å². The topological polar surface area (TPSA) is 88.1 Å². The second-order valence-corrected chi connectivity index (χ2v) is 6.35. The average molecular weight is 375 g/mol. The summed E-state index contributed by atoms with van der Waals surface area (Å²) in [6.45, 7) is 3.51. The summed E-state index contributed by atoms with van der Waals surface area (Å²) >= 11 is 5.93. The van der Waals surface area contributed by atoms with Gasteiger partial charge < -0.3 is 24.8 Å². The Kier molecular flexibility index (Phi) is 6.07. The number of ether oxygens (including phenoxy) is 2. The fourth-order valence-electron chi connectivity index (χ4n) is 2.55. The molecule has 1 aromatic rings. The number of rotatable bonds is 4. The van der Waals surface area contributed by atoms with Gasteiger partial charge in [0.1, 0.15) is 17.6 Å². The van der Waals surface area contributed by atoms with Crippen molar-refractivity contribution in [3.8, 4) is 5.75 Å². The van der Waals surface area contributed by atoms with Crippen LogP contribution < -0.4 is 10.1 Å². The van der Waals surface area contributed by atoms with Crippen LogP contribution in [0.1, 0.15) is 20.3 Å². The lowest BCUT2D eigenvalue weighted by Crippen LogP contribution is -2.43. The van der Waals surface area contributed by atoms with Crippen molar-refractivity contribution in [3.63, 3.8) is 0 Å². The van der Waals surface area contributed by atoms with E-state index in [0.29, 0.717) is 0 Å². The van der Waals surface area contributed by atoms with Crippen molar-refractivity contribution in [2.75, 3.05) is 19.0 Å². The Bertz CT molecular complexity index is 670. The van der Waals surface area contributed by atoms with Crippen LogP contribution in [0.4, 0.5) is 14.9 Å². The van der Waals surface area contributed by atoms with Gasteiger partial charge in [-0.3, -0.25) is 0 Å². The predicted molar refractivity (Wildman–Crippen MR) is 89.3 cm³/mol. The number of methoxy groups -OCH3 is 1. The lowest BCUT2D eigenvalue weighted by atomic mass is 10.2. The van der Waals surface area contributed by atoms with E-state index in [-0.39, 0.29) is 35.5 Å². The molecule has 0 saturated carbocycles. The minimum absolute atomic E-state index is 0.0594. The van der Waals surface area contributed by atoms with Crippen LogP contribution in [0.5, 0.6) is 5.75 Å². The number of anilines is 1. The Labute approximate surface area is 149 Å². The molecule has 0 radical (unpaired) electrons. The number of amides is 2. The maximum atomic E-state index is 14.1. The van der Waals surface area contributed by atoms with E-state index < -0.39 is 30.0 Å². The summed E-state index contributed by atoms with van der Waals surface area (Å²) in [5.74, 6) is -1.17. The standard InChI is InChI=1S/C16H20ClFN2O5/c1-8(2)25-14-6-12(11(18)5-10(14)17)19-16(23)20-7-9(21)4-13(20)15(22)24-3/h5-6,8-9,13,21H,4,7H2,1-3H3,(H,19,23)/t9-,13-/m1/s1. The monoisotopic (exact) mass is 374 g/mol. The van der Waals surface area contributed by atoms with E-state index in [2.05, 4.69) is 10.1 Å². The second-order valence-electron chi connectivity index (χ2n) is 5.94. The molecular formula is C16H20ClFN2O5. The molecule has 0 aliphatic carbocycles. The van der Waals surface area contributed by atoms with Crippen molar-refractivity contribution in [1.29, 1.82) is 0 Å². The van der Waals surface area contributed by atoms with Crippen LogP contribution in [0.3, 0.4) is 0 Å². The molecule has 7 nitrogen and oxygen atoms in total. The summed E-state index contributed by atoms with van der Waals surface area (Å²) in [4.78, 5) is 25.3. The van der Waals surface area contributed by atoms with Crippen molar-refractivity contribution in [2.24, 2.45) is 0 Å². The fourth-order valence-corrected chi connectivity index (χ4v) is 2.75. The number of nitrogens with zero attached hydrogens (tertiary/aromatic N) is 1. The van der Waals surface area contributed by atoms with Gasteiger partial charge in [-0.05, 0) is 19.9 Å². The van der Waals surface area contributed by atoms with Crippen LogP contribution in [0, 0.1) is 5.82 Å². The molecule has 2 atom stereocenters. The number of aliphatic hydroxyl groups excluding tert-OH is 1. The SMILES string of the molecule is COC(=O)[C@H]1C[C@@H](O)CN1C(=O)Nc1cc(OC(C)C)c(Cl)cc1F. The number of β-amino-alcohol motifs (C(OH)–C–C–N with tert-alkyl or cyclic N) is 1. The first-order chi connectivity index (χ1) is 11.7. The molecule has 1 aromatic carbocycles. The normalized spacial score (nSPS) is 19.9. The van der Waals surface area contributed by atoms with E-state index >= 15 is 0 Å². The number of benzene rings is 1. The van der Waals surface area contributed by atoms with E-state index in [1.165, 1.54) is 13.2 Å². The highest BCUT2D eigenvalue weighted by Gasteiger charge is 2.40. The Morgan fingerprint density at radius 2 is 2.12 bits per heavy atom. The molecule has 0 bridgehead atoms. The van der Waals surface area contributed by atoms with Crippen LogP contribution in [0.2, 0.25) is 5.02 Å². The molecule has 9 heteroatoms. The van der Waals surface area contributed by atoms with Gasteiger partial charge in [-0.25, -0.2) is 14.0 Å². The third-order valence-corrected chi connectivity index (χ3v) is 3.93. The number of carbonyl (C=O) groups is 2. The summed E-state index contributed by atoms with van der Waals surface area (Å²) < 4.78 is 24.2. The lowest BCUT2D eigenvalue weighted by Gasteiger charge is -2.23. The summed E-state index contributed by atoms with van der Waals surface area (Å²) in [6.07, 6.45) is -0.987. The molecular weight excluding hydrogens is 355 g/mol. The molecule has 0 unspecified atom stereocenters. The molecule has 1 heterocycles. The Hall–Kier alpha value is -2.06.